The molecule has 1 aliphatic heterocycles. The summed E-state index contributed by atoms with van der Waals surface area (Å²) < 4.78 is 45.4. The van der Waals surface area contributed by atoms with E-state index in [1.807, 2.05) is 0 Å². The van der Waals surface area contributed by atoms with E-state index in [0.29, 0.717) is 18.8 Å². The number of benzene rings is 2. The van der Waals surface area contributed by atoms with Gasteiger partial charge in [0.05, 0.1) is 17.6 Å². The lowest BCUT2D eigenvalue weighted by molar-refractivity contribution is 0.102. The van der Waals surface area contributed by atoms with Crippen molar-refractivity contribution in [3.63, 3.8) is 0 Å². The van der Waals surface area contributed by atoms with Crippen LogP contribution in [0.4, 0.5) is 10.1 Å². The van der Waals surface area contributed by atoms with Crippen molar-refractivity contribution in [1.29, 1.82) is 0 Å². The lowest BCUT2D eigenvalue weighted by Crippen LogP contribution is -2.35. The predicted molar refractivity (Wildman–Crippen MR) is 100.0 cm³/mol. The molecule has 2 aromatic carbocycles. The Morgan fingerprint density at radius 1 is 1.07 bits per heavy atom. The summed E-state index contributed by atoms with van der Waals surface area (Å²) in [5.41, 5.74) is 0.493. The van der Waals surface area contributed by atoms with Gasteiger partial charge in [0.15, 0.2) is 0 Å². The topological polar surface area (TPSA) is 75.7 Å². The fraction of sp³-hybridized carbons (Fsp3) is 0.316. The highest BCUT2D eigenvalue weighted by Crippen LogP contribution is 2.27. The molecule has 1 saturated heterocycles. The maximum atomic E-state index is 13.0. The third kappa shape index (κ3) is 4.28. The zero-order valence-corrected chi connectivity index (χ0v) is 15.8. The van der Waals surface area contributed by atoms with Crippen molar-refractivity contribution in [1.82, 2.24) is 4.31 Å². The summed E-state index contributed by atoms with van der Waals surface area (Å²) in [5.74, 6) is -0.693. The molecule has 27 heavy (non-hydrogen) atoms. The first-order valence-corrected chi connectivity index (χ1v) is 10.1. The largest absolute Gasteiger partial charge is 0.496 e. The molecular weight excluding hydrogens is 371 g/mol. The van der Waals surface area contributed by atoms with Crippen LogP contribution in [0.3, 0.4) is 0 Å². The number of sulfonamides is 1. The predicted octanol–water partition coefficient (Wildman–Crippen LogP) is 3.26. The van der Waals surface area contributed by atoms with E-state index in [1.54, 1.807) is 0 Å². The first-order valence-electron chi connectivity index (χ1n) is 8.67. The number of anilines is 1. The van der Waals surface area contributed by atoms with Crippen LogP contribution in [-0.2, 0) is 10.0 Å². The van der Waals surface area contributed by atoms with Crippen molar-refractivity contribution in [2.75, 3.05) is 25.5 Å². The Balaban J connectivity index is 1.91. The first-order chi connectivity index (χ1) is 12.9. The second-order valence-electron chi connectivity index (χ2n) is 6.29. The van der Waals surface area contributed by atoms with Gasteiger partial charge in [0.2, 0.25) is 10.0 Å². The van der Waals surface area contributed by atoms with Crippen LogP contribution < -0.4 is 10.1 Å². The van der Waals surface area contributed by atoms with Crippen LogP contribution in [0.15, 0.2) is 47.4 Å². The second kappa shape index (κ2) is 8.06. The summed E-state index contributed by atoms with van der Waals surface area (Å²) >= 11 is 0. The standard InChI is InChI=1S/C19H21FN2O4S/c1-26-18-10-9-16(27(24,25)22-11-3-2-4-12-22)13-17(18)19(23)21-15-7-5-14(20)6-8-15/h5-10,13H,2-4,11-12H2,1H3,(H,21,23). The quantitative estimate of drug-likeness (QED) is 0.847. The summed E-state index contributed by atoms with van der Waals surface area (Å²) in [6, 6.07) is 9.53. The molecule has 0 saturated carbocycles. The Labute approximate surface area is 158 Å². The number of halogens is 1. The van der Waals surface area contributed by atoms with E-state index >= 15 is 0 Å². The van der Waals surface area contributed by atoms with Crippen LogP contribution >= 0.6 is 0 Å². The van der Waals surface area contributed by atoms with Crippen LogP contribution in [0, 0.1) is 5.82 Å². The highest BCUT2D eigenvalue weighted by atomic mass is 32.2. The van der Waals surface area contributed by atoms with E-state index in [9.17, 15) is 17.6 Å². The van der Waals surface area contributed by atoms with Gasteiger partial charge in [-0.1, -0.05) is 6.42 Å². The van der Waals surface area contributed by atoms with E-state index in [1.165, 1.54) is 53.9 Å². The van der Waals surface area contributed by atoms with Gasteiger partial charge in [-0.05, 0) is 55.3 Å². The minimum Gasteiger partial charge on any atom is -0.496 e. The SMILES string of the molecule is COc1ccc(S(=O)(=O)N2CCCCC2)cc1C(=O)Nc1ccc(F)cc1. The zero-order chi connectivity index (χ0) is 19.4. The molecule has 0 bridgehead atoms. The summed E-state index contributed by atoms with van der Waals surface area (Å²) in [6.07, 6.45) is 2.67. The van der Waals surface area contributed by atoms with E-state index in [2.05, 4.69) is 5.32 Å². The van der Waals surface area contributed by atoms with E-state index in [4.69, 9.17) is 4.74 Å². The number of methoxy groups -OCH3 is 1. The minimum atomic E-state index is -3.67. The van der Waals surface area contributed by atoms with Gasteiger partial charge in [0, 0.05) is 18.8 Å². The zero-order valence-electron chi connectivity index (χ0n) is 14.9. The van der Waals surface area contributed by atoms with Gasteiger partial charge in [0.25, 0.3) is 5.91 Å². The Kier molecular flexibility index (Phi) is 5.76. The number of nitrogens with zero attached hydrogens (tertiary/aromatic N) is 1. The van der Waals surface area contributed by atoms with E-state index in [-0.39, 0.29) is 16.2 Å². The molecule has 2 aromatic rings. The number of hydrogen-bond acceptors (Lipinski definition) is 4. The Morgan fingerprint density at radius 2 is 1.74 bits per heavy atom. The molecule has 6 nitrogen and oxygen atoms in total. The van der Waals surface area contributed by atoms with Crippen molar-refractivity contribution in [3.8, 4) is 5.75 Å². The van der Waals surface area contributed by atoms with Gasteiger partial charge in [-0.15, -0.1) is 0 Å². The summed E-state index contributed by atoms with van der Waals surface area (Å²) in [6.45, 7) is 0.955. The van der Waals surface area contributed by atoms with E-state index in [0.717, 1.165) is 19.3 Å². The lowest BCUT2D eigenvalue weighted by atomic mass is 10.2. The highest BCUT2D eigenvalue weighted by Gasteiger charge is 2.27. The summed E-state index contributed by atoms with van der Waals surface area (Å²) in [5, 5.41) is 2.62. The molecule has 3 rings (SSSR count). The molecule has 1 heterocycles. The van der Waals surface area contributed by atoms with Crippen molar-refractivity contribution >= 4 is 21.6 Å². The second-order valence-corrected chi connectivity index (χ2v) is 8.23. The number of amides is 1. The van der Waals surface area contributed by atoms with Crippen molar-refractivity contribution in [2.24, 2.45) is 0 Å². The van der Waals surface area contributed by atoms with Gasteiger partial charge in [0.1, 0.15) is 11.6 Å². The Morgan fingerprint density at radius 3 is 2.37 bits per heavy atom. The first kappa shape index (κ1) is 19.3. The van der Waals surface area contributed by atoms with Gasteiger partial charge < -0.3 is 10.1 Å². The minimum absolute atomic E-state index is 0.0504. The number of carbonyl (C=O) groups is 1. The van der Waals surface area contributed by atoms with Gasteiger partial charge in [-0.2, -0.15) is 4.31 Å². The fourth-order valence-electron chi connectivity index (χ4n) is 3.01. The molecule has 0 atom stereocenters. The van der Waals surface area contributed by atoms with Crippen LogP contribution in [0.1, 0.15) is 29.6 Å². The number of piperidine rings is 1. The van der Waals surface area contributed by atoms with Gasteiger partial charge >= 0.3 is 0 Å². The summed E-state index contributed by atoms with van der Waals surface area (Å²) in [4.78, 5) is 12.7. The van der Waals surface area contributed by atoms with Crippen molar-refractivity contribution < 1.29 is 22.3 Å². The normalized spacial score (nSPS) is 15.3. The number of hydrogen-bond donors (Lipinski definition) is 1. The Bertz CT molecular complexity index is 923. The van der Waals surface area contributed by atoms with Crippen LogP contribution in [0.5, 0.6) is 5.75 Å². The number of nitrogens with one attached hydrogen (secondary N) is 1. The van der Waals surface area contributed by atoms with Crippen LogP contribution in [0.2, 0.25) is 0 Å². The molecule has 1 N–H and O–H groups in total. The lowest BCUT2D eigenvalue weighted by Gasteiger charge is -2.26. The third-order valence-corrected chi connectivity index (χ3v) is 6.37. The molecule has 0 radical (unpaired) electrons. The smallest absolute Gasteiger partial charge is 0.259 e. The third-order valence-electron chi connectivity index (χ3n) is 4.47. The maximum absolute atomic E-state index is 13.0. The average Bonchev–Trinajstić information content (AvgIpc) is 2.69. The summed E-state index contributed by atoms with van der Waals surface area (Å²) in [7, 11) is -2.27. The molecule has 144 valence electrons. The van der Waals surface area contributed by atoms with Crippen LogP contribution in [-0.4, -0.2) is 38.8 Å². The van der Waals surface area contributed by atoms with E-state index < -0.39 is 21.7 Å². The van der Waals surface area contributed by atoms with Crippen molar-refractivity contribution in [3.05, 3.63) is 53.8 Å². The monoisotopic (exact) mass is 392 g/mol. The van der Waals surface area contributed by atoms with Gasteiger partial charge in [-0.25, -0.2) is 12.8 Å². The molecule has 1 aliphatic rings. The van der Waals surface area contributed by atoms with Gasteiger partial charge in [-0.3, -0.25) is 4.79 Å². The van der Waals surface area contributed by atoms with Crippen molar-refractivity contribution in [2.45, 2.75) is 24.2 Å². The molecule has 0 unspecified atom stereocenters. The average molecular weight is 392 g/mol. The molecule has 8 heteroatoms. The number of carbonyl (C=O) groups excluding carboxylic acids is 1. The molecular formula is C19H21FN2O4S. The number of ether oxygens (including phenoxy) is 1. The Hall–Kier alpha value is -2.45. The molecule has 0 aliphatic carbocycles. The number of rotatable bonds is 5. The maximum Gasteiger partial charge on any atom is 0.259 e. The van der Waals surface area contributed by atoms with Crippen LogP contribution in [0.25, 0.3) is 0 Å². The molecule has 1 fully saturated rings. The molecule has 0 aromatic heterocycles. The molecule has 0 spiro atoms. The highest BCUT2D eigenvalue weighted by molar-refractivity contribution is 7.89. The fourth-order valence-corrected chi connectivity index (χ4v) is 4.55. The molecule has 1 amide bonds.